The van der Waals surface area contributed by atoms with E-state index in [4.69, 9.17) is 4.74 Å². The van der Waals surface area contributed by atoms with E-state index < -0.39 is 10.0 Å². The molecule has 0 saturated carbocycles. The van der Waals surface area contributed by atoms with E-state index in [1.165, 1.54) is 0 Å². The van der Waals surface area contributed by atoms with Gasteiger partial charge < -0.3 is 14.5 Å². The molecule has 2 fully saturated rings. The highest BCUT2D eigenvalue weighted by Gasteiger charge is 2.29. The molecule has 4 rings (SSSR count). The van der Waals surface area contributed by atoms with Crippen molar-refractivity contribution in [3.8, 4) is 0 Å². The van der Waals surface area contributed by atoms with Gasteiger partial charge >= 0.3 is 0 Å². The zero-order valence-electron chi connectivity index (χ0n) is 18.4. The molecule has 0 radical (unpaired) electrons. The van der Waals surface area contributed by atoms with Gasteiger partial charge in [-0.1, -0.05) is 17.7 Å². The number of hydrogen-bond donors (Lipinski definition) is 1. The summed E-state index contributed by atoms with van der Waals surface area (Å²) in [6.07, 6.45) is 3.43. The minimum absolute atomic E-state index is 0.0503. The number of amides is 1. The number of anilines is 1. The van der Waals surface area contributed by atoms with Crippen LogP contribution in [0.15, 0.2) is 47.5 Å². The van der Waals surface area contributed by atoms with Crippen molar-refractivity contribution in [3.63, 3.8) is 0 Å². The summed E-state index contributed by atoms with van der Waals surface area (Å²) < 4.78 is 33.4. The summed E-state index contributed by atoms with van der Waals surface area (Å²) in [5.74, 6) is 0.713. The molecule has 1 N–H and O–H groups in total. The highest BCUT2D eigenvalue weighted by atomic mass is 32.2. The highest BCUT2D eigenvalue weighted by molar-refractivity contribution is 7.89. The number of carbonyl (C=O) groups excluding carboxylic acids is 1. The number of benzene rings is 1. The molecule has 0 aliphatic carbocycles. The maximum Gasteiger partial charge on any atom is 0.257 e. The number of nitrogens with zero attached hydrogens (tertiary/aromatic N) is 3. The first-order valence-corrected chi connectivity index (χ1v) is 12.6. The number of likely N-dealkylation sites (tertiary alicyclic amines) is 1. The normalized spacial score (nSPS) is 19.7. The van der Waals surface area contributed by atoms with Crippen LogP contribution in [-0.2, 0) is 14.8 Å². The fraction of sp³-hybridized carbons (Fsp3) is 0.478. The molecule has 2 aliphatic rings. The molecule has 0 spiro atoms. The molecular formula is C23H30N4O4S. The van der Waals surface area contributed by atoms with Gasteiger partial charge in [0.15, 0.2) is 0 Å². The standard InChI is InChI=1S/C23H30N4O4S/c1-18-6-8-20(9-7-18)32(29,30)25-16-19-4-3-11-27(17-19)23(28)21-5-2-10-24-22(21)26-12-14-31-15-13-26/h2,5-10,19,25H,3-4,11-17H2,1H3. The van der Waals surface area contributed by atoms with E-state index in [9.17, 15) is 13.2 Å². The minimum Gasteiger partial charge on any atom is -0.378 e. The third-order valence-corrected chi connectivity index (χ3v) is 7.47. The number of aromatic nitrogens is 1. The summed E-state index contributed by atoms with van der Waals surface area (Å²) >= 11 is 0. The van der Waals surface area contributed by atoms with Gasteiger partial charge in [-0.25, -0.2) is 18.1 Å². The van der Waals surface area contributed by atoms with Gasteiger partial charge in [-0.05, 0) is 49.9 Å². The Balaban J connectivity index is 1.41. The van der Waals surface area contributed by atoms with Crippen LogP contribution in [0.3, 0.4) is 0 Å². The Hall–Kier alpha value is -2.49. The van der Waals surface area contributed by atoms with Crippen molar-refractivity contribution in [2.24, 2.45) is 5.92 Å². The van der Waals surface area contributed by atoms with Gasteiger partial charge in [-0.2, -0.15) is 0 Å². The monoisotopic (exact) mass is 458 g/mol. The fourth-order valence-corrected chi connectivity index (χ4v) is 5.32. The Morgan fingerprint density at radius 2 is 1.91 bits per heavy atom. The maximum absolute atomic E-state index is 13.4. The van der Waals surface area contributed by atoms with Crippen LogP contribution in [0.25, 0.3) is 0 Å². The molecular weight excluding hydrogens is 428 g/mol. The third kappa shape index (κ3) is 5.28. The van der Waals surface area contributed by atoms with Crippen LogP contribution >= 0.6 is 0 Å². The van der Waals surface area contributed by atoms with Crippen molar-refractivity contribution in [3.05, 3.63) is 53.7 Å². The van der Waals surface area contributed by atoms with E-state index in [1.807, 2.05) is 17.9 Å². The lowest BCUT2D eigenvalue weighted by atomic mass is 9.97. The summed E-state index contributed by atoms with van der Waals surface area (Å²) in [7, 11) is -3.57. The van der Waals surface area contributed by atoms with E-state index in [0.717, 1.165) is 18.4 Å². The number of piperidine rings is 1. The number of aryl methyl sites for hydroxylation is 1. The highest BCUT2D eigenvalue weighted by Crippen LogP contribution is 2.24. The zero-order chi connectivity index (χ0) is 22.6. The predicted octanol–water partition coefficient (Wildman–Crippen LogP) is 2.06. The first-order chi connectivity index (χ1) is 15.4. The van der Waals surface area contributed by atoms with Crippen molar-refractivity contribution in [1.29, 1.82) is 0 Å². The van der Waals surface area contributed by atoms with Crippen LogP contribution < -0.4 is 9.62 Å². The van der Waals surface area contributed by atoms with E-state index in [2.05, 4.69) is 14.6 Å². The molecule has 1 aromatic carbocycles. The van der Waals surface area contributed by atoms with Gasteiger partial charge in [-0.3, -0.25) is 4.79 Å². The lowest BCUT2D eigenvalue weighted by molar-refractivity contribution is 0.0675. The Labute approximate surface area is 189 Å². The van der Waals surface area contributed by atoms with Crippen LogP contribution in [0.4, 0.5) is 5.82 Å². The second kappa shape index (κ2) is 9.97. The van der Waals surface area contributed by atoms with E-state index in [-0.39, 0.29) is 16.7 Å². The van der Waals surface area contributed by atoms with Gasteiger partial charge in [0.2, 0.25) is 10.0 Å². The van der Waals surface area contributed by atoms with Crippen molar-refractivity contribution in [2.75, 3.05) is 50.8 Å². The molecule has 1 atom stereocenters. The van der Waals surface area contributed by atoms with Crippen molar-refractivity contribution < 1.29 is 17.9 Å². The number of rotatable bonds is 6. The molecule has 9 heteroatoms. The van der Waals surface area contributed by atoms with Gasteiger partial charge in [0, 0.05) is 38.9 Å². The molecule has 2 aliphatic heterocycles. The van der Waals surface area contributed by atoms with Gasteiger partial charge in [0.1, 0.15) is 5.82 Å². The topological polar surface area (TPSA) is 91.8 Å². The number of carbonyl (C=O) groups is 1. The molecule has 1 unspecified atom stereocenters. The molecule has 2 saturated heterocycles. The molecule has 0 bridgehead atoms. The summed E-state index contributed by atoms with van der Waals surface area (Å²) in [6.45, 7) is 6.08. The van der Waals surface area contributed by atoms with Crippen LogP contribution in [0.1, 0.15) is 28.8 Å². The average Bonchev–Trinajstić information content (AvgIpc) is 2.83. The zero-order valence-corrected chi connectivity index (χ0v) is 19.2. The first kappa shape index (κ1) is 22.7. The summed E-state index contributed by atoms with van der Waals surface area (Å²) in [5.41, 5.74) is 1.60. The van der Waals surface area contributed by atoms with Crippen molar-refractivity contribution in [1.82, 2.24) is 14.6 Å². The first-order valence-electron chi connectivity index (χ1n) is 11.1. The van der Waals surface area contributed by atoms with E-state index >= 15 is 0 Å². The maximum atomic E-state index is 13.4. The van der Waals surface area contributed by atoms with Crippen molar-refractivity contribution >= 4 is 21.7 Å². The second-order valence-corrected chi connectivity index (χ2v) is 10.2. The van der Waals surface area contributed by atoms with Gasteiger partial charge in [-0.15, -0.1) is 0 Å². The molecule has 2 aromatic rings. The Bertz CT molecular complexity index is 1040. The number of pyridine rings is 1. The number of ether oxygens (including phenoxy) is 1. The average molecular weight is 459 g/mol. The summed E-state index contributed by atoms with van der Waals surface area (Å²) in [6, 6.07) is 10.4. The van der Waals surface area contributed by atoms with Crippen LogP contribution in [-0.4, -0.2) is 70.1 Å². The summed E-state index contributed by atoms with van der Waals surface area (Å²) in [4.78, 5) is 22.0. The smallest absolute Gasteiger partial charge is 0.257 e. The Kier molecular flexibility index (Phi) is 7.07. The molecule has 8 nitrogen and oxygen atoms in total. The molecule has 172 valence electrons. The third-order valence-electron chi connectivity index (χ3n) is 6.03. The minimum atomic E-state index is -3.57. The fourth-order valence-electron chi connectivity index (χ4n) is 4.21. The van der Waals surface area contributed by atoms with E-state index in [0.29, 0.717) is 57.3 Å². The number of sulfonamides is 1. The molecule has 3 heterocycles. The van der Waals surface area contributed by atoms with Crippen molar-refractivity contribution in [2.45, 2.75) is 24.7 Å². The lowest BCUT2D eigenvalue weighted by Gasteiger charge is -2.34. The van der Waals surface area contributed by atoms with Crippen LogP contribution in [0, 0.1) is 12.8 Å². The predicted molar refractivity (Wildman–Crippen MR) is 122 cm³/mol. The SMILES string of the molecule is Cc1ccc(S(=O)(=O)NCC2CCCN(C(=O)c3cccnc3N3CCOCC3)C2)cc1. The Morgan fingerprint density at radius 3 is 2.66 bits per heavy atom. The Morgan fingerprint density at radius 1 is 1.16 bits per heavy atom. The lowest BCUT2D eigenvalue weighted by Crippen LogP contribution is -2.44. The largest absolute Gasteiger partial charge is 0.378 e. The molecule has 32 heavy (non-hydrogen) atoms. The van der Waals surface area contributed by atoms with E-state index in [1.54, 1.807) is 36.5 Å². The van der Waals surface area contributed by atoms with Crippen LogP contribution in [0.5, 0.6) is 0 Å². The van der Waals surface area contributed by atoms with Gasteiger partial charge in [0.05, 0.1) is 23.7 Å². The van der Waals surface area contributed by atoms with Gasteiger partial charge in [0.25, 0.3) is 5.91 Å². The number of nitrogens with one attached hydrogen (secondary N) is 1. The summed E-state index contributed by atoms with van der Waals surface area (Å²) in [5, 5.41) is 0. The number of morpholine rings is 1. The molecule has 1 aromatic heterocycles. The second-order valence-electron chi connectivity index (χ2n) is 8.40. The quantitative estimate of drug-likeness (QED) is 0.713. The van der Waals surface area contributed by atoms with Crippen LogP contribution in [0.2, 0.25) is 0 Å². The number of hydrogen-bond acceptors (Lipinski definition) is 6. The molecule has 1 amide bonds.